The maximum atomic E-state index is 11.5. The maximum absolute atomic E-state index is 11.5. The van der Waals surface area contributed by atoms with Gasteiger partial charge >= 0.3 is 0 Å². The summed E-state index contributed by atoms with van der Waals surface area (Å²) in [6.45, 7) is 0. The van der Waals surface area contributed by atoms with Crippen LogP contribution in [0.1, 0.15) is 12.0 Å². The van der Waals surface area contributed by atoms with Crippen molar-refractivity contribution in [2.45, 2.75) is 17.7 Å². The monoisotopic (exact) mass is 266 g/mol. The molecule has 0 saturated carbocycles. The first-order valence-corrected chi connectivity index (χ1v) is 7.30. The van der Waals surface area contributed by atoms with E-state index in [0.29, 0.717) is 22.2 Å². The molecule has 0 aliphatic rings. The lowest BCUT2D eigenvalue weighted by atomic mass is 10.1. The highest BCUT2D eigenvalue weighted by Gasteiger charge is 2.13. The largest absolute Gasteiger partial charge is 0.224 e. The Hall–Kier alpha value is -0.250. The predicted octanol–water partition coefficient (Wildman–Crippen LogP) is 2.91. The van der Waals surface area contributed by atoms with Crippen molar-refractivity contribution in [2.24, 2.45) is 0 Å². The molecule has 0 unspecified atom stereocenters. The van der Waals surface area contributed by atoms with Crippen LogP contribution < -0.4 is 0 Å². The van der Waals surface area contributed by atoms with Gasteiger partial charge < -0.3 is 0 Å². The molecule has 0 bridgehead atoms. The highest BCUT2D eigenvalue weighted by Crippen LogP contribution is 2.22. The van der Waals surface area contributed by atoms with Crippen molar-refractivity contribution in [1.29, 1.82) is 0 Å². The minimum absolute atomic E-state index is 0.306. The van der Waals surface area contributed by atoms with Gasteiger partial charge in [0.1, 0.15) is 0 Å². The minimum Gasteiger partial charge on any atom is -0.224 e. The zero-order chi connectivity index (χ0) is 11.5. The number of sulfone groups is 1. The van der Waals surface area contributed by atoms with Gasteiger partial charge in [-0.3, -0.25) is 0 Å². The quantitative estimate of drug-likeness (QED) is 0.786. The van der Waals surface area contributed by atoms with Gasteiger partial charge in [0.25, 0.3) is 0 Å². The molecule has 0 atom stereocenters. The van der Waals surface area contributed by atoms with E-state index in [1.807, 2.05) is 0 Å². The van der Waals surface area contributed by atoms with Crippen molar-refractivity contribution in [3.8, 4) is 0 Å². The third-order valence-electron chi connectivity index (χ3n) is 2.01. The number of rotatable bonds is 4. The Labute approximate surface area is 100 Å². The van der Waals surface area contributed by atoms with Crippen LogP contribution in [0.4, 0.5) is 0 Å². The molecule has 0 aromatic heterocycles. The van der Waals surface area contributed by atoms with E-state index in [1.54, 1.807) is 12.1 Å². The summed E-state index contributed by atoms with van der Waals surface area (Å²) in [5.74, 6) is 0.520. The molecule has 0 radical (unpaired) electrons. The van der Waals surface area contributed by atoms with Gasteiger partial charge in [-0.15, -0.1) is 11.6 Å². The van der Waals surface area contributed by atoms with Gasteiger partial charge in [-0.25, -0.2) is 8.42 Å². The van der Waals surface area contributed by atoms with Crippen molar-refractivity contribution in [1.82, 2.24) is 0 Å². The van der Waals surface area contributed by atoms with E-state index in [4.69, 9.17) is 23.2 Å². The van der Waals surface area contributed by atoms with Gasteiger partial charge in [-0.05, 0) is 30.5 Å². The summed E-state index contributed by atoms with van der Waals surface area (Å²) in [5.41, 5.74) is 0.780. The lowest BCUT2D eigenvalue weighted by Crippen LogP contribution is -2.02. The summed E-state index contributed by atoms with van der Waals surface area (Å²) < 4.78 is 23.0. The standard InChI is InChI=1S/C10H12Cl2O2S/c1-15(13,14)10-7-9(12)5-4-8(10)3-2-6-11/h4-5,7H,2-3,6H2,1H3. The second-order valence-corrected chi connectivity index (χ2v) is 6.12. The summed E-state index contributed by atoms with van der Waals surface area (Å²) in [6, 6.07) is 4.92. The van der Waals surface area contributed by atoms with E-state index in [0.717, 1.165) is 12.0 Å². The summed E-state index contributed by atoms with van der Waals surface area (Å²) >= 11 is 11.3. The molecule has 2 nitrogen and oxygen atoms in total. The molecule has 0 N–H and O–H groups in total. The van der Waals surface area contributed by atoms with Crippen LogP contribution in [-0.4, -0.2) is 20.6 Å². The minimum atomic E-state index is -3.21. The first-order chi connectivity index (χ1) is 6.95. The first kappa shape index (κ1) is 12.8. The van der Waals surface area contributed by atoms with Crippen molar-refractivity contribution < 1.29 is 8.42 Å². The Morgan fingerprint density at radius 2 is 2.00 bits per heavy atom. The van der Waals surface area contributed by atoms with Crippen molar-refractivity contribution in [3.05, 3.63) is 28.8 Å². The van der Waals surface area contributed by atoms with Gasteiger partial charge in [-0.2, -0.15) is 0 Å². The van der Waals surface area contributed by atoms with E-state index in [2.05, 4.69) is 0 Å². The molecule has 1 rings (SSSR count). The third kappa shape index (κ3) is 3.67. The fraction of sp³-hybridized carbons (Fsp3) is 0.400. The molecule has 0 aliphatic carbocycles. The second kappa shape index (κ2) is 5.19. The molecule has 0 fully saturated rings. The smallest absolute Gasteiger partial charge is 0.175 e. The second-order valence-electron chi connectivity index (χ2n) is 3.32. The third-order valence-corrected chi connectivity index (χ3v) is 3.69. The van der Waals surface area contributed by atoms with Crippen LogP contribution >= 0.6 is 23.2 Å². The fourth-order valence-corrected chi connectivity index (χ4v) is 2.70. The summed E-state index contributed by atoms with van der Waals surface area (Å²) in [5, 5.41) is 0.435. The number of halogens is 2. The Bertz CT molecular complexity index is 441. The highest BCUT2D eigenvalue weighted by molar-refractivity contribution is 7.90. The van der Waals surface area contributed by atoms with Crippen molar-refractivity contribution in [2.75, 3.05) is 12.1 Å². The molecular formula is C10H12Cl2O2S. The van der Waals surface area contributed by atoms with Gasteiger partial charge in [0, 0.05) is 17.2 Å². The predicted molar refractivity (Wildman–Crippen MR) is 63.6 cm³/mol. The van der Waals surface area contributed by atoms with E-state index < -0.39 is 9.84 Å². The SMILES string of the molecule is CS(=O)(=O)c1cc(Cl)ccc1CCCCl. The van der Waals surface area contributed by atoms with E-state index in [-0.39, 0.29) is 0 Å². The number of hydrogen-bond donors (Lipinski definition) is 0. The van der Waals surface area contributed by atoms with Gasteiger partial charge in [-0.1, -0.05) is 17.7 Å². The van der Waals surface area contributed by atoms with Gasteiger partial charge in [0.05, 0.1) is 4.90 Å². The Balaban J connectivity index is 3.15. The van der Waals surface area contributed by atoms with E-state index in [1.165, 1.54) is 12.3 Å². The van der Waals surface area contributed by atoms with Crippen molar-refractivity contribution >= 4 is 33.0 Å². The summed E-state index contributed by atoms with van der Waals surface area (Å²) in [7, 11) is -3.21. The van der Waals surface area contributed by atoms with Crippen LogP contribution in [0.15, 0.2) is 23.1 Å². The van der Waals surface area contributed by atoms with Crippen LogP contribution in [0, 0.1) is 0 Å². The number of aryl methyl sites for hydroxylation is 1. The van der Waals surface area contributed by atoms with Crippen LogP contribution in [-0.2, 0) is 16.3 Å². The Morgan fingerprint density at radius 1 is 1.33 bits per heavy atom. The molecule has 0 heterocycles. The zero-order valence-corrected chi connectivity index (χ0v) is 10.7. The molecule has 0 amide bonds. The van der Waals surface area contributed by atoms with Crippen LogP contribution in [0.5, 0.6) is 0 Å². The maximum Gasteiger partial charge on any atom is 0.175 e. The topological polar surface area (TPSA) is 34.1 Å². The molecule has 0 saturated heterocycles. The molecule has 1 aromatic carbocycles. The normalized spacial score (nSPS) is 11.7. The van der Waals surface area contributed by atoms with Crippen LogP contribution in [0.25, 0.3) is 0 Å². The Kier molecular flexibility index (Phi) is 4.44. The van der Waals surface area contributed by atoms with Crippen molar-refractivity contribution in [3.63, 3.8) is 0 Å². The average molecular weight is 267 g/mol. The molecule has 0 spiro atoms. The van der Waals surface area contributed by atoms with Gasteiger partial charge in [0.2, 0.25) is 0 Å². The molecule has 5 heteroatoms. The molecular weight excluding hydrogens is 255 g/mol. The first-order valence-electron chi connectivity index (χ1n) is 4.49. The highest BCUT2D eigenvalue weighted by atomic mass is 35.5. The number of benzene rings is 1. The fourth-order valence-electron chi connectivity index (χ4n) is 1.34. The van der Waals surface area contributed by atoms with E-state index in [9.17, 15) is 8.42 Å². The summed E-state index contributed by atoms with van der Waals surface area (Å²) in [6.07, 6.45) is 2.59. The van der Waals surface area contributed by atoms with Crippen LogP contribution in [0.2, 0.25) is 5.02 Å². The number of alkyl halides is 1. The molecule has 15 heavy (non-hydrogen) atoms. The molecule has 1 aromatic rings. The lowest BCUT2D eigenvalue weighted by Gasteiger charge is -2.07. The molecule has 0 aliphatic heterocycles. The zero-order valence-electron chi connectivity index (χ0n) is 8.33. The Morgan fingerprint density at radius 3 is 2.53 bits per heavy atom. The lowest BCUT2D eigenvalue weighted by molar-refractivity contribution is 0.600. The van der Waals surface area contributed by atoms with E-state index >= 15 is 0 Å². The van der Waals surface area contributed by atoms with Crippen LogP contribution in [0.3, 0.4) is 0 Å². The molecule has 84 valence electrons. The summed E-state index contributed by atoms with van der Waals surface area (Å²) in [4.78, 5) is 0.306. The number of hydrogen-bond acceptors (Lipinski definition) is 2. The van der Waals surface area contributed by atoms with Gasteiger partial charge in [0.15, 0.2) is 9.84 Å². The average Bonchev–Trinajstić information content (AvgIpc) is 2.14.